The second-order valence-electron chi connectivity index (χ2n) is 9.54. The van der Waals surface area contributed by atoms with Crippen LogP contribution in [-0.4, -0.2) is 128 Å². The Balaban J connectivity index is 1.81. The summed E-state index contributed by atoms with van der Waals surface area (Å²) < 4.78 is 14.5. The molecule has 0 saturated carbocycles. The predicted molar refractivity (Wildman–Crippen MR) is 149 cm³/mol. The van der Waals surface area contributed by atoms with Crippen LogP contribution in [0.3, 0.4) is 0 Å². The first kappa shape index (κ1) is 34.8. The van der Waals surface area contributed by atoms with Crippen molar-refractivity contribution < 1.29 is 63.7 Å². The Morgan fingerprint density at radius 2 is 1.40 bits per heavy atom. The Hall–Kier alpha value is -3.41. The molecule has 1 aliphatic heterocycles. The number of nitrogens with zero attached hydrogens (tertiary/aromatic N) is 2. The molecule has 0 bridgehead atoms. The van der Waals surface area contributed by atoms with Crippen molar-refractivity contribution in [2.45, 2.75) is 44.4 Å². The molecule has 15 nitrogen and oxygen atoms in total. The number of amides is 3. The number of β-amino-alcohol motifs (C(OH)–C–C–N with tert-alkyl or cyclic N) is 2. The third kappa shape index (κ3) is 9.57. The number of imide groups is 1. The number of aliphatic hydroxyl groups excluding tert-OH is 2. The summed E-state index contributed by atoms with van der Waals surface area (Å²) in [6.07, 6.45) is -2.50. The van der Waals surface area contributed by atoms with Gasteiger partial charge < -0.3 is 44.6 Å². The number of hydrogen-bond acceptors (Lipinski definition) is 15. The minimum Gasteiger partial charge on any atom is -0.504 e. The summed E-state index contributed by atoms with van der Waals surface area (Å²) in [5, 5.41) is 49.1. The van der Waals surface area contributed by atoms with Crippen LogP contribution in [0.5, 0.6) is 17.2 Å². The standard InChI is InChI=1S/C25H34N2O13S2/c1-25(2)23(36)26(10-15(28)13-40-22(35)14-8-17(30)21(34)18(31)9-14)24(37)27(25)11-16(29)12-39-20(33)5-7-42-41-6-4-19(32)38-3/h8-9,15-16,28-31,34H,4-7,10-13H2,1-3H3. The summed E-state index contributed by atoms with van der Waals surface area (Å²) >= 11 is 0. The minimum absolute atomic E-state index is 0.0561. The molecule has 234 valence electrons. The number of aliphatic hydroxyl groups is 2. The van der Waals surface area contributed by atoms with Crippen LogP contribution < -0.4 is 0 Å². The van der Waals surface area contributed by atoms with Gasteiger partial charge in [-0.1, -0.05) is 21.6 Å². The first-order valence-corrected chi connectivity index (χ1v) is 15.1. The topological polar surface area (TPSA) is 221 Å². The summed E-state index contributed by atoms with van der Waals surface area (Å²) in [7, 11) is 4.08. The Labute approximate surface area is 249 Å². The van der Waals surface area contributed by atoms with Crippen LogP contribution in [0.4, 0.5) is 4.79 Å². The van der Waals surface area contributed by atoms with Crippen molar-refractivity contribution in [1.82, 2.24) is 9.80 Å². The molecule has 1 aliphatic rings. The van der Waals surface area contributed by atoms with Crippen molar-refractivity contribution in [1.29, 1.82) is 0 Å². The van der Waals surface area contributed by atoms with Crippen LogP contribution in [0, 0.1) is 0 Å². The van der Waals surface area contributed by atoms with Crippen LogP contribution in [0.15, 0.2) is 12.1 Å². The van der Waals surface area contributed by atoms with Gasteiger partial charge in [0.15, 0.2) is 17.2 Å². The van der Waals surface area contributed by atoms with E-state index in [0.717, 1.165) is 21.9 Å². The average Bonchev–Trinajstić information content (AvgIpc) is 3.09. The maximum atomic E-state index is 13.0. The van der Waals surface area contributed by atoms with Crippen LogP contribution >= 0.6 is 21.6 Å². The SMILES string of the molecule is COC(=O)CCSSCCC(=O)OCC(O)CN1C(=O)N(CC(O)COC(=O)c2cc(O)c(O)c(O)c2)C(=O)C1(C)C. The first-order valence-electron chi connectivity index (χ1n) is 12.6. The van der Waals surface area contributed by atoms with E-state index in [2.05, 4.69) is 4.74 Å². The predicted octanol–water partition coefficient (Wildman–Crippen LogP) is 0.603. The van der Waals surface area contributed by atoms with E-state index in [1.165, 1.54) is 42.5 Å². The minimum atomic E-state index is -1.50. The van der Waals surface area contributed by atoms with E-state index in [1.54, 1.807) is 0 Å². The van der Waals surface area contributed by atoms with Gasteiger partial charge in [-0.2, -0.15) is 0 Å². The highest BCUT2D eigenvalue weighted by Gasteiger charge is 2.52. The molecule has 0 aromatic heterocycles. The lowest BCUT2D eigenvalue weighted by Gasteiger charge is -2.29. The maximum absolute atomic E-state index is 13.0. The van der Waals surface area contributed by atoms with Crippen molar-refractivity contribution in [3.63, 3.8) is 0 Å². The number of phenolic OH excluding ortho intramolecular Hbond substituents is 3. The number of rotatable bonds is 16. The number of carbonyl (C=O) groups is 5. The van der Waals surface area contributed by atoms with Crippen molar-refractivity contribution in [2.24, 2.45) is 0 Å². The van der Waals surface area contributed by atoms with Gasteiger partial charge in [0.2, 0.25) is 0 Å². The van der Waals surface area contributed by atoms with Gasteiger partial charge in [0, 0.05) is 11.5 Å². The lowest BCUT2D eigenvalue weighted by atomic mass is 10.0. The zero-order valence-corrected chi connectivity index (χ0v) is 24.8. The molecule has 17 heteroatoms. The monoisotopic (exact) mass is 634 g/mol. The normalized spacial score (nSPS) is 15.8. The molecule has 5 N–H and O–H groups in total. The van der Waals surface area contributed by atoms with Crippen LogP contribution in [0.1, 0.15) is 37.0 Å². The van der Waals surface area contributed by atoms with E-state index in [-0.39, 0.29) is 30.9 Å². The number of ether oxygens (including phenoxy) is 3. The van der Waals surface area contributed by atoms with Crippen molar-refractivity contribution >= 4 is 51.4 Å². The highest BCUT2D eigenvalue weighted by Crippen LogP contribution is 2.35. The van der Waals surface area contributed by atoms with Gasteiger partial charge >= 0.3 is 23.9 Å². The number of aromatic hydroxyl groups is 3. The maximum Gasteiger partial charge on any atom is 0.338 e. The summed E-state index contributed by atoms with van der Waals surface area (Å²) in [4.78, 5) is 62.9. The Morgan fingerprint density at radius 3 is 1.98 bits per heavy atom. The van der Waals surface area contributed by atoms with Crippen LogP contribution in [-0.2, 0) is 28.6 Å². The molecule has 2 unspecified atom stereocenters. The lowest BCUT2D eigenvalue weighted by molar-refractivity contribution is -0.146. The molecule has 0 aliphatic carbocycles. The fourth-order valence-corrected chi connectivity index (χ4v) is 5.56. The number of phenols is 3. The van der Waals surface area contributed by atoms with E-state index < -0.39 is 78.6 Å². The summed E-state index contributed by atoms with van der Waals surface area (Å²) in [5.41, 5.74) is -1.73. The molecule has 3 amide bonds. The van der Waals surface area contributed by atoms with Crippen LogP contribution in [0.25, 0.3) is 0 Å². The summed E-state index contributed by atoms with van der Waals surface area (Å²) in [6.45, 7) is 0.914. The molecule has 1 aromatic carbocycles. The molecule has 1 heterocycles. The lowest BCUT2D eigenvalue weighted by Crippen LogP contribution is -2.48. The molecule has 1 fully saturated rings. The fourth-order valence-electron chi connectivity index (χ4n) is 3.62. The Kier molecular flexibility index (Phi) is 13.0. The Bertz CT molecular complexity index is 1140. The van der Waals surface area contributed by atoms with Gasteiger partial charge in [-0.25, -0.2) is 9.59 Å². The highest BCUT2D eigenvalue weighted by atomic mass is 33.1. The average molecular weight is 635 g/mol. The fraction of sp³-hybridized carbons (Fsp3) is 0.560. The molecule has 0 radical (unpaired) electrons. The highest BCUT2D eigenvalue weighted by molar-refractivity contribution is 8.76. The molecule has 1 aromatic rings. The zero-order chi connectivity index (χ0) is 31.6. The molecule has 42 heavy (non-hydrogen) atoms. The smallest absolute Gasteiger partial charge is 0.338 e. The van der Waals surface area contributed by atoms with E-state index in [9.17, 15) is 49.5 Å². The first-order chi connectivity index (χ1) is 19.7. The van der Waals surface area contributed by atoms with Gasteiger partial charge in [-0.05, 0) is 26.0 Å². The number of hydrogen-bond donors (Lipinski definition) is 5. The second-order valence-corrected chi connectivity index (χ2v) is 12.2. The van der Waals surface area contributed by atoms with Gasteiger partial charge in [-0.15, -0.1) is 0 Å². The van der Waals surface area contributed by atoms with Crippen LogP contribution in [0.2, 0.25) is 0 Å². The van der Waals surface area contributed by atoms with Crippen molar-refractivity contribution in [2.75, 3.05) is 44.9 Å². The van der Waals surface area contributed by atoms with E-state index in [0.29, 0.717) is 11.5 Å². The molecule has 0 spiro atoms. The quantitative estimate of drug-likeness (QED) is 0.0420. The van der Waals surface area contributed by atoms with Gasteiger partial charge in [0.05, 0.1) is 38.6 Å². The molecular weight excluding hydrogens is 600 g/mol. The van der Waals surface area contributed by atoms with E-state index in [1.807, 2.05) is 0 Å². The van der Waals surface area contributed by atoms with E-state index >= 15 is 0 Å². The largest absolute Gasteiger partial charge is 0.504 e. The summed E-state index contributed by atoms with van der Waals surface area (Å²) in [5.74, 6) is -4.06. The third-order valence-corrected chi connectivity index (χ3v) is 8.34. The van der Waals surface area contributed by atoms with Gasteiger partial charge in [0.1, 0.15) is 31.0 Å². The number of benzene rings is 1. The number of urea groups is 1. The second kappa shape index (κ2) is 15.7. The number of carbonyl (C=O) groups excluding carboxylic acids is 5. The van der Waals surface area contributed by atoms with Crippen molar-refractivity contribution in [3.05, 3.63) is 17.7 Å². The van der Waals surface area contributed by atoms with Crippen molar-refractivity contribution in [3.8, 4) is 17.2 Å². The Morgan fingerprint density at radius 1 is 0.881 bits per heavy atom. The molecule has 1 saturated heterocycles. The number of esters is 3. The molecule has 2 rings (SSSR count). The van der Waals surface area contributed by atoms with E-state index in [4.69, 9.17) is 9.47 Å². The molecule has 2 atom stereocenters. The number of methoxy groups -OCH3 is 1. The molecular formula is C25H34N2O13S2. The van der Waals surface area contributed by atoms with Gasteiger partial charge in [0.25, 0.3) is 5.91 Å². The summed E-state index contributed by atoms with van der Waals surface area (Å²) in [6, 6.07) is 0.858. The third-order valence-electron chi connectivity index (χ3n) is 5.93. The van der Waals surface area contributed by atoms with Gasteiger partial charge in [-0.3, -0.25) is 19.3 Å². The zero-order valence-electron chi connectivity index (χ0n) is 23.2.